The van der Waals surface area contributed by atoms with E-state index in [1.54, 1.807) is 36.4 Å². The predicted molar refractivity (Wildman–Crippen MR) is 132 cm³/mol. The highest BCUT2D eigenvalue weighted by Crippen LogP contribution is 2.24. The second kappa shape index (κ2) is 10.3. The van der Waals surface area contributed by atoms with Crippen molar-refractivity contribution in [1.82, 2.24) is 29.1 Å². The zero-order valence-corrected chi connectivity index (χ0v) is 20.7. The first-order chi connectivity index (χ1) is 17.6. The number of ether oxygens (including phenoxy) is 1. The monoisotopic (exact) mass is 511 g/mol. The minimum Gasteiger partial charge on any atom is -0.492 e. The van der Waals surface area contributed by atoms with Crippen LogP contribution < -0.4 is 16.2 Å². The summed E-state index contributed by atoms with van der Waals surface area (Å²) in [6, 6.07) is 14.1. The van der Waals surface area contributed by atoms with Gasteiger partial charge in [0.1, 0.15) is 18.0 Å². The van der Waals surface area contributed by atoms with Gasteiger partial charge in [-0.1, -0.05) is 42.0 Å². The van der Waals surface area contributed by atoms with Gasteiger partial charge in [0, 0.05) is 18.5 Å². The second-order valence-corrected chi connectivity index (χ2v) is 8.63. The summed E-state index contributed by atoms with van der Waals surface area (Å²) in [5, 5.41) is 8.79. The molecule has 1 amide bonds. The van der Waals surface area contributed by atoms with Crippen LogP contribution in [0, 0.1) is 6.92 Å². The van der Waals surface area contributed by atoms with Crippen LogP contribution in [0.25, 0.3) is 17.1 Å². The van der Waals surface area contributed by atoms with E-state index in [9.17, 15) is 18.4 Å². The molecule has 10 nitrogen and oxygen atoms in total. The van der Waals surface area contributed by atoms with Crippen molar-refractivity contribution in [3.05, 3.63) is 76.2 Å². The number of aromatic nitrogens is 6. The van der Waals surface area contributed by atoms with E-state index in [0.717, 1.165) is 17.2 Å². The van der Waals surface area contributed by atoms with E-state index in [2.05, 4.69) is 15.2 Å². The normalized spacial score (nSPS) is 11.6. The molecule has 12 heteroatoms. The summed E-state index contributed by atoms with van der Waals surface area (Å²) >= 11 is 0. The van der Waals surface area contributed by atoms with E-state index in [0.29, 0.717) is 23.6 Å². The van der Waals surface area contributed by atoms with Gasteiger partial charge in [0.15, 0.2) is 11.6 Å². The molecule has 37 heavy (non-hydrogen) atoms. The molecule has 0 bridgehead atoms. The van der Waals surface area contributed by atoms with Crippen molar-refractivity contribution in [2.24, 2.45) is 5.73 Å². The number of primary amides is 1. The first-order valence-corrected chi connectivity index (χ1v) is 11.7. The van der Waals surface area contributed by atoms with E-state index in [1.165, 1.54) is 9.25 Å². The van der Waals surface area contributed by atoms with Crippen molar-refractivity contribution in [2.75, 3.05) is 6.61 Å². The third kappa shape index (κ3) is 5.74. The molecular formula is C25H27F2N7O3. The number of carbonyl (C=O) groups is 1. The van der Waals surface area contributed by atoms with Crippen LogP contribution in [-0.2, 0) is 13.1 Å². The number of benzene rings is 2. The van der Waals surface area contributed by atoms with Crippen molar-refractivity contribution in [2.45, 2.75) is 46.2 Å². The van der Waals surface area contributed by atoms with E-state index < -0.39 is 23.9 Å². The zero-order chi connectivity index (χ0) is 26.7. The molecule has 0 saturated carbocycles. The quantitative estimate of drug-likeness (QED) is 0.349. The van der Waals surface area contributed by atoms with Crippen LogP contribution in [0.3, 0.4) is 0 Å². The third-order valence-electron chi connectivity index (χ3n) is 5.56. The summed E-state index contributed by atoms with van der Waals surface area (Å²) in [5.41, 5.74) is 6.98. The molecule has 4 rings (SSSR count). The van der Waals surface area contributed by atoms with Crippen molar-refractivity contribution in [3.8, 4) is 22.8 Å². The molecular weight excluding hydrogens is 484 g/mol. The van der Waals surface area contributed by atoms with Gasteiger partial charge in [0.2, 0.25) is 11.7 Å². The Balaban J connectivity index is 1.76. The largest absolute Gasteiger partial charge is 0.492 e. The number of carbonyl (C=O) groups excluding carboxylic acids is 1. The first-order valence-electron chi connectivity index (χ1n) is 11.7. The zero-order valence-electron chi connectivity index (χ0n) is 20.7. The maximum atomic E-state index is 13.6. The average Bonchev–Trinajstić information content (AvgIpc) is 3.40. The van der Waals surface area contributed by atoms with Gasteiger partial charge in [-0.3, -0.25) is 9.36 Å². The van der Waals surface area contributed by atoms with E-state index in [4.69, 9.17) is 10.5 Å². The van der Waals surface area contributed by atoms with Crippen LogP contribution in [-0.4, -0.2) is 47.5 Å². The number of para-hydroxylation sites is 2. The number of hydrogen-bond donors (Lipinski definition) is 1. The van der Waals surface area contributed by atoms with E-state index in [-0.39, 0.29) is 30.6 Å². The molecule has 0 saturated heterocycles. The topological polar surface area (TPSA) is 123 Å². The standard InChI is InChI=1S/C25H27F2N7O3/c1-4-37-19-8-6-5-7-18(19)34-23(21(28)35)29-20(30-34)15-33-24(36)32(14-13-25(3,26)27)22(31-33)17-11-9-16(2)10-12-17/h5-12H,4,13-15H2,1-3H3,(H2,28,35). The number of alkyl halides is 2. The lowest BCUT2D eigenvalue weighted by Gasteiger charge is -2.11. The van der Waals surface area contributed by atoms with Gasteiger partial charge in [0.25, 0.3) is 5.91 Å². The minimum absolute atomic E-state index is 0.0862. The lowest BCUT2D eigenvalue weighted by atomic mass is 10.1. The van der Waals surface area contributed by atoms with Crippen LogP contribution >= 0.6 is 0 Å². The Morgan fingerprint density at radius 2 is 1.81 bits per heavy atom. The summed E-state index contributed by atoms with van der Waals surface area (Å²) < 4.78 is 36.4. The Labute approximate surface area is 211 Å². The van der Waals surface area contributed by atoms with Gasteiger partial charge < -0.3 is 10.5 Å². The van der Waals surface area contributed by atoms with Crippen molar-refractivity contribution >= 4 is 5.91 Å². The SMILES string of the molecule is CCOc1ccccc1-n1nc(Cn2nc(-c3ccc(C)cc3)n(CCC(C)(F)F)c2=O)nc1C(N)=O. The van der Waals surface area contributed by atoms with Crippen LogP contribution in [0.1, 0.15) is 42.3 Å². The number of aryl methyl sites for hydroxylation is 1. The number of halogens is 2. The second-order valence-electron chi connectivity index (χ2n) is 8.63. The van der Waals surface area contributed by atoms with Gasteiger partial charge in [0.05, 0.1) is 6.61 Å². The van der Waals surface area contributed by atoms with E-state index >= 15 is 0 Å². The van der Waals surface area contributed by atoms with Crippen molar-refractivity contribution in [1.29, 1.82) is 0 Å². The Kier molecular flexibility index (Phi) is 7.18. The Bertz CT molecular complexity index is 1470. The molecule has 2 aromatic heterocycles. The summed E-state index contributed by atoms with van der Waals surface area (Å²) in [6.45, 7) is 4.47. The fourth-order valence-corrected chi connectivity index (χ4v) is 3.76. The Morgan fingerprint density at radius 1 is 1.11 bits per heavy atom. The number of nitrogens with zero attached hydrogens (tertiary/aromatic N) is 6. The third-order valence-corrected chi connectivity index (χ3v) is 5.56. The van der Waals surface area contributed by atoms with Gasteiger partial charge >= 0.3 is 5.69 Å². The molecule has 0 aliphatic rings. The van der Waals surface area contributed by atoms with Gasteiger partial charge in [-0.2, -0.15) is 0 Å². The highest BCUT2D eigenvalue weighted by molar-refractivity contribution is 5.89. The van der Waals surface area contributed by atoms with Gasteiger partial charge in [-0.15, -0.1) is 10.2 Å². The van der Waals surface area contributed by atoms with Crippen LogP contribution in [0.2, 0.25) is 0 Å². The Morgan fingerprint density at radius 3 is 2.46 bits per heavy atom. The van der Waals surface area contributed by atoms with Gasteiger partial charge in [-0.05, 0) is 32.9 Å². The smallest absolute Gasteiger partial charge is 0.346 e. The lowest BCUT2D eigenvalue weighted by Crippen LogP contribution is -2.28. The molecule has 194 valence electrons. The highest BCUT2D eigenvalue weighted by atomic mass is 19.3. The molecule has 0 atom stereocenters. The minimum atomic E-state index is -2.96. The van der Waals surface area contributed by atoms with Crippen LogP contribution in [0.5, 0.6) is 5.75 Å². The molecule has 0 fully saturated rings. The summed E-state index contributed by atoms with van der Waals surface area (Å²) in [4.78, 5) is 29.6. The molecule has 0 aliphatic carbocycles. The number of nitrogens with two attached hydrogens (primary N) is 1. The van der Waals surface area contributed by atoms with Crippen molar-refractivity contribution < 1.29 is 18.3 Å². The molecule has 0 aliphatic heterocycles. The number of amides is 1. The molecule has 0 unspecified atom stereocenters. The van der Waals surface area contributed by atoms with Crippen LogP contribution in [0.15, 0.2) is 53.3 Å². The maximum Gasteiger partial charge on any atom is 0.346 e. The predicted octanol–water partition coefficient (Wildman–Crippen LogP) is 3.19. The highest BCUT2D eigenvalue weighted by Gasteiger charge is 2.25. The van der Waals surface area contributed by atoms with E-state index in [1.807, 2.05) is 26.0 Å². The number of rotatable bonds is 10. The average molecular weight is 512 g/mol. The summed E-state index contributed by atoms with van der Waals surface area (Å²) in [7, 11) is 0. The first kappa shape index (κ1) is 25.7. The fourth-order valence-electron chi connectivity index (χ4n) is 3.76. The molecule has 0 radical (unpaired) electrons. The Hall–Kier alpha value is -4.35. The maximum absolute atomic E-state index is 13.6. The lowest BCUT2D eigenvalue weighted by molar-refractivity contribution is 0.00854. The molecule has 2 N–H and O–H groups in total. The number of hydrogen-bond acceptors (Lipinski definition) is 6. The van der Waals surface area contributed by atoms with Gasteiger partial charge in [-0.25, -0.2) is 27.9 Å². The molecule has 2 aromatic carbocycles. The van der Waals surface area contributed by atoms with Crippen molar-refractivity contribution in [3.63, 3.8) is 0 Å². The molecule has 4 aromatic rings. The fraction of sp³-hybridized carbons (Fsp3) is 0.320. The molecule has 0 spiro atoms. The molecule has 2 heterocycles. The van der Waals surface area contributed by atoms with Crippen LogP contribution in [0.4, 0.5) is 8.78 Å². The summed E-state index contributed by atoms with van der Waals surface area (Å²) in [5.74, 6) is -3.15. The summed E-state index contributed by atoms with van der Waals surface area (Å²) in [6.07, 6.45) is -0.537.